The maximum absolute atomic E-state index is 13.7. The second-order valence-electron chi connectivity index (χ2n) is 5.01. The molecule has 150 valence electrons. The van der Waals surface area contributed by atoms with Gasteiger partial charge in [0.05, 0.1) is 7.11 Å². The number of hydrogen-bond donors (Lipinski definition) is 0. The van der Waals surface area contributed by atoms with E-state index in [-0.39, 0.29) is 5.56 Å². The zero-order chi connectivity index (χ0) is 21.3. The van der Waals surface area contributed by atoms with E-state index in [1.165, 1.54) is 18.2 Å². The lowest BCUT2D eigenvalue weighted by Gasteiger charge is -2.32. The number of methoxy groups -OCH3 is 1. The van der Waals surface area contributed by atoms with Crippen molar-refractivity contribution in [1.29, 1.82) is 0 Å². The number of esters is 1. The topological polar surface area (TPSA) is 43.4 Å². The third-order valence-electron chi connectivity index (χ3n) is 3.19. The molecule has 0 N–H and O–H groups in total. The zero-order valence-corrected chi connectivity index (χ0v) is 13.1. The van der Waals surface area contributed by atoms with Crippen LogP contribution < -0.4 is 0 Å². The molecule has 0 aliphatic carbocycles. The van der Waals surface area contributed by atoms with Gasteiger partial charge in [0.1, 0.15) is 5.57 Å². The Bertz CT molecular complexity index is 737. The van der Waals surface area contributed by atoms with Crippen molar-refractivity contribution in [2.75, 3.05) is 7.11 Å². The molecule has 0 saturated carbocycles. The van der Waals surface area contributed by atoms with Crippen LogP contribution in [0.3, 0.4) is 0 Å². The van der Waals surface area contributed by atoms with Gasteiger partial charge >= 0.3 is 29.9 Å². The lowest BCUT2D eigenvalue weighted by molar-refractivity contribution is -0.387. The Morgan fingerprint density at radius 3 is 1.74 bits per heavy atom. The Morgan fingerprint density at radius 1 is 0.852 bits per heavy atom. The summed E-state index contributed by atoms with van der Waals surface area (Å²) in [6, 6.07) is 6.17. The number of hydrogen-bond acceptors (Lipinski definition) is 3. The maximum Gasteiger partial charge on any atom is 0.460 e. The average Bonchev–Trinajstić information content (AvgIpc) is 2.57. The molecule has 0 aliphatic heterocycles. The van der Waals surface area contributed by atoms with Gasteiger partial charge in [-0.25, -0.2) is 4.79 Å². The van der Waals surface area contributed by atoms with Crippen LogP contribution >= 0.6 is 0 Å². The molecule has 0 heterocycles. The summed E-state index contributed by atoms with van der Waals surface area (Å²) in [6.07, 6.45) is -6.79. The Morgan fingerprint density at radius 2 is 1.33 bits per heavy atom. The van der Waals surface area contributed by atoms with Crippen LogP contribution in [0.25, 0.3) is 6.08 Å². The second-order valence-corrected chi connectivity index (χ2v) is 5.01. The summed E-state index contributed by atoms with van der Waals surface area (Å²) >= 11 is 0. The van der Waals surface area contributed by atoms with E-state index < -0.39 is 41.3 Å². The summed E-state index contributed by atoms with van der Waals surface area (Å²) in [5.74, 6) is -26.2. The van der Waals surface area contributed by atoms with Crippen LogP contribution in [0.15, 0.2) is 35.9 Å². The number of benzene rings is 1. The van der Waals surface area contributed by atoms with E-state index in [2.05, 4.69) is 4.74 Å². The first kappa shape index (κ1) is 22.5. The number of ketones is 1. The van der Waals surface area contributed by atoms with Crippen molar-refractivity contribution in [2.24, 2.45) is 0 Å². The van der Waals surface area contributed by atoms with Gasteiger partial charge in [0.15, 0.2) is 0 Å². The smallest absolute Gasteiger partial charge is 0.460 e. The van der Waals surface area contributed by atoms with Crippen molar-refractivity contribution in [2.45, 2.75) is 23.9 Å². The largest absolute Gasteiger partial charge is 0.465 e. The number of carbonyl (C=O) groups is 2. The third kappa shape index (κ3) is 3.93. The highest BCUT2D eigenvalue weighted by Crippen LogP contribution is 2.53. The lowest BCUT2D eigenvalue weighted by atomic mass is 9.94. The number of carbonyl (C=O) groups excluding carboxylic acids is 2. The summed E-state index contributed by atoms with van der Waals surface area (Å²) in [4.78, 5) is 23.2. The molecule has 1 aromatic rings. The molecule has 0 bridgehead atoms. The molecule has 0 amide bonds. The van der Waals surface area contributed by atoms with Gasteiger partial charge in [-0.1, -0.05) is 30.3 Å². The molecule has 0 fully saturated rings. The first-order chi connectivity index (χ1) is 12.1. The van der Waals surface area contributed by atoms with Gasteiger partial charge in [-0.2, -0.15) is 39.5 Å². The minimum atomic E-state index is -7.26. The van der Waals surface area contributed by atoms with Crippen molar-refractivity contribution >= 4 is 17.8 Å². The fourth-order valence-corrected chi connectivity index (χ4v) is 1.73. The van der Waals surface area contributed by atoms with E-state index in [0.29, 0.717) is 13.2 Å². The fourth-order valence-electron chi connectivity index (χ4n) is 1.73. The van der Waals surface area contributed by atoms with Crippen LogP contribution in [0.1, 0.15) is 5.56 Å². The summed E-state index contributed by atoms with van der Waals surface area (Å²) in [7, 11) is 0.551. The molecule has 0 aromatic heterocycles. The van der Waals surface area contributed by atoms with Gasteiger partial charge in [-0.3, -0.25) is 4.79 Å². The average molecular weight is 408 g/mol. The molecule has 1 aromatic carbocycles. The predicted molar refractivity (Wildman–Crippen MR) is 72.3 cm³/mol. The molecule has 0 aliphatic rings. The third-order valence-corrected chi connectivity index (χ3v) is 3.19. The van der Waals surface area contributed by atoms with Gasteiger partial charge < -0.3 is 4.74 Å². The number of Topliss-reactive ketones (excluding diaryl/α,β-unsaturated/α-hetero) is 1. The summed E-state index contributed by atoms with van der Waals surface area (Å²) in [5.41, 5.74) is -2.03. The molecular weight excluding hydrogens is 399 g/mol. The number of ether oxygens (including phenoxy) is 1. The number of alkyl halides is 9. The number of rotatable bonds is 6. The summed E-state index contributed by atoms with van der Waals surface area (Å²) < 4.78 is 120. The van der Waals surface area contributed by atoms with Gasteiger partial charge in [-0.15, -0.1) is 0 Å². The van der Waals surface area contributed by atoms with Gasteiger partial charge in [0, 0.05) is 0 Å². The van der Waals surface area contributed by atoms with E-state index in [1.807, 2.05) is 0 Å². The van der Waals surface area contributed by atoms with Gasteiger partial charge in [0.2, 0.25) is 5.78 Å². The molecule has 12 heteroatoms. The van der Waals surface area contributed by atoms with Crippen LogP contribution in [0.4, 0.5) is 39.5 Å². The summed E-state index contributed by atoms with van der Waals surface area (Å²) in [5, 5.41) is 0. The van der Waals surface area contributed by atoms with Crippen LogP contribution in [0.5, 0.6) is 0 Å². The standard InChI is InChI=1S/C15H9F9O3/c1-27-11(26)9(7-8-5-3-2-4-6-8)10(25)12(16,17)13(18,19)14(20,21)15(22,23)24/h2-7H,1H3. The van der Waals surface area contributed by atoms with Crippen LogP contribution in [0.2, 0.25) is 0 Å². The second kappa shape index (κ2) is 7.24. The monoisotopic (exact) mass is 408 g/mol. The normalized spacial score (nSPS) is 14.1. The van der Waals surface area contributed by atoms with Crippen LogP contribution in [0, 0.1) is 0 Å². The van der Waals surface area contributed by atoms with Crippen molar-refractivity contribution in [3.63, 3.8) is 0 Å². The van der Waals surface area contributed by atoms with Crippen molar-refractivity contribution in [3.05, 3.63) is 41.5 Å². The van der Waals surface area contributed by atoms with Crippen molar-refractivity contribution in [1.82, 2.24) is 0 Å². The molecule has 0 spiro atoms. The van der Waals surface area contributed by atoms with E-state index >= 15 is 0 Å². The SMILES string of the molecule is COC(=O)C(=Cc1ccccc1)C(=O)C(F)(F)C(F)(F)C(F)(F)C(F)(F)F. The molecule has 1 rings (SSSR count). The van der Waals surface area contributed by atoms with E-state index in [9.17, 15) is 49.1 Å². The van der Waals surface area contributed by atoms with E-state index in [4.69, 9.17) is 0 Å². The highest BCUT2D eigenvalue weighted by atomic mass is 19.4. The quantitative estimate of drug-likeness (QED) is 0.232. The first-order valence-electron chi connectivity index (χ1n) is 6.71. The van der Waals surface area contributed by atoms with E-state index in [1.54, 1.807) is 0 Å². The Hall–Kier alpha value is -2.53. The van der Waals surface area contributed by atoms with Crippen LogP contribution in [-0.2, 0) is 14.3 Å². The van der Waals surface area contributed by atoms with Gasteiger partial charge in [-0.05, 0) is 11.6 Å². The molecule has 0 saturated heterocycles. The molecular formula is C15H9F9O3. The molecule has 0 atom stereocenters. The molecule has 0 radical (unpaired) electrons. The minimum Gasteiger partial charge on any atom is -0.465 e. The van der Waals surface area contributed by atoms with E-state index in [0.717, 1.165) is 12.1 Å². The van der Waals surface area contributed by atoms with Crippen molar-refractivity contribution < 1.29 is 53.8 Å². The minimum absolute atomic E-state index is 0.187. The fraction of sp³-hybridized carbons (Fsp3) is 0.333. The summed E-state index contributed by atoms with van der Waals surface area (Å²) in [6.45, 7) is 0. The maximum atomic E-state index is 13.7. The zero-order valence-electron chi connectivity index (χ0n) is 13.1. The Kier molecular flexibility index (Phi) is 6.03. The first-order valence-corrected chi connectivity index (χ1v) is 6.71. The number of halogens is 9. The Balaban J connectivity index is 3.51. The van der Waals surface area contributed by atoms with Crippen LogP contribution in [-0.4, -0.2) is 42.8 Å². The Labute approximate surface area is 145 Å². The highest BCUT2D eigenvalue weighted by Gasteiger charge is 2.83. The molecule has 3 nitrogen and oxygen atoms in total. The lowest BCUT2D eigenvalue weighted by Crippen LogP contribution is -2.63. The molecule has 0 unspecified atom stereocenters. The van der Waals surface area contributed by atoms with Crippen molar-refractivity contribution in [3.8, 4) is 0 Å². The highest BCUT2D eigenvalue weighted by molar-refractivity contribution is 6.23. The predicted octanol–water partition coefficient (Wildman–Crippen LogP) is 4.28. The van der Waals surface area contributed by atoms with Gasteiger partial charge in [0.25, 0.3) is 0 Å². The molecule has 27 heavy (non-hydrogen) atoms.